The molecule has 0 aromatic heterocycles. The van der Waals surface area contributed by atoms with Gasteiger partial charge in [-0.2, -0.15) is 0 Å². The molecule has 0 aliphatic heterocycles. The summed E-state index contributed by atoms with van der Waals surface area (Å²) < 4.78 is 4.55. The summed E-state index contributed by atoms with van der Waals surface area (Å²) in [5.41, 5.74) is 1.03. The Morgan fingerprint density at radius 3 is 2.38 bits per heavy atom. The Kier molecular flexibility index (Phi) is 5.50. The van der Waals surface area contributed by atoms with Gasteiger partial charge < -0.3 is 10.1 Å². The van der Waals surface area contributed by atoms with Crippen LogP contribution in [-0.4, -0.2) is 24.3 Å². The second-order valence-corrected chi connectivity index (χ2v) is 4.40. The van der Waals surface area contributed by atoms with Crippen LogP contribution in [0.1, 0.15) is 27.7 Å². The Bertz CT molecular complexity index is 322. The average Bonchev–Trinajstić information content (AvgIpc) is 2.15. The summed E-state index contributed by atoms with van der Waals surface area (Å²) >= 11 is 0. The number of aliphatic imine (C=N–C) groups is 1. The number of hydrogen-bond donors (Lipinski definition) is 1. The summed E-state index contributed by atoms with van der Waals surface area (Å²) in [5, 5.41) is 3.22. The number of rotatable bonds is 4. The van der Waals surface area contributed by atoms with Crippen LogP contribution in [0.3, 0.4) is 0 Å². The zero-order valence-corrected chi connectivity index (χ0v) is 10.6. The predicted molar refractivity (Wildman–Crippen MR) is 66.3 cm³/mol. The molecule has 0 radical (unpaired) electrons. The van der Waals surface area contributed by atoms with Crippen molar-refractivity contribution in [2.24, 2.45) is 4.99 Å². The number of methoxy groups -OCH3 is 1. The molecule has 1 N–H and O–H groups in total. The maximum absolute atomic E-state index is 11.2. The summed E-state index contributed by atoms with van der Waals surface area (Å²) in [4.78, 5) is 15.2. The van der Waals surface area contributed by atoms with Crippen molar-refractivity contribution in [1.82, 2.24) is 5.32 Å². The Labute approximate surface area is 97.1 Å². The van der Waals surface area contributed by atoms with Crippen molar-refractivity contribution in [3.05, 3.63) is 24.6 Å². The van der Waals surface area contributed by atoms with E-state index in [0.29, 0.717) is 0 Å². The first-order chi connectivity index (χ1) is 7.30. The zero-order chi connectivity index (χ0) is 12.8. The van der Waals surface area contributed by atoms with Gasteiger partial charge in [0, 0.05) is 17.4 Å². The highest BCUT2D eigenvalue weighted by atomic mass is 16.5. The quantitative estimate of drug-likeness (QED) is 0.587. The number of hydrogen-bond acceptors (Lipinski definition) is 4. The van der Waals surface area contributed by atoms with Gasteiger partial charge >= 0.3 is 5.97 Å². The fourth-order valence-corrected chi connectivity index (χ4v) is 1.08. The van der Waals surface area contributed by atoms with E-state index in [1.165, 1.54) is 13.2 Å². The van der Waals surface area contributed by atoms with Crippen LogP contribution < -0.4 is 5.32 Å². The van der Waals surface area contributed by atoms with Crippen molar-refractivity contribution in [3.63, 3.8) is 0 Å². The van der Waals surface area contributed by atoms with Crippen LogP contribution in [-0.2, 0) is 9.53 Å². The van der Waals surface area contributed by atoms with Crippen LogP contribution in [0, 0.1) is 0 Å². The number of allylic oxidation sites excluding steroid dienone is 1. The first-order valence-corrected chi connectivity index (χ1v) is 5.03. The molecule has 0 aromatic rings. The highest BCUT2D eigenvalue weighted by molar-refractivity contribution is 6.41. The van der Waals surface area contributed by atoms with Gasteiger partial charge in [-0.1, -0.05) is 6.58 Å². The third-order valence-corrected chi connectivity index (χ3v) is 1.56. The molecule has 0 fully saturated rings. The summed E-state index contributed by atoms with van der Waals surface area (Å²) in [6, 6.07) is 0. The SMILES string of the molecule is C=CC(=N/C=C(\C)NC(C)(C)C)C(=O)OC. The van der Waals surface area contributed by atoms with Crippen molar-refractivity contribution < 1.29 is 9.53 Å². The first kappa shape index (κ1) is 14.4. The molecule has 0 aliphatic carbocycles. The molecule has 0 saturated carbocycles. The van der Waals surface area contributed by atoms with Crippen LogP contribution in [0.4, 0.5) is 0 Å². The molecule has 0 saturated heterocycles. The molecule has 0 amide bonds. The van der Waals surface area contributed by atoms with E-state index in [1.807, 2.05) is 27.7 Å². The maximum Gasteiger partial charge on any atom is 0.356 e. The molecule has 0 bridgehead atoms. The summed E-state index contributed by atoms with van der Waals surface area (Å²) in [6.07, 6.45) is 2.95. The first-order valence-electron chi connectivity index (χ1n) is 5.03. The Balaban J connectivity index is 4.70. The lowest BCUT2D eigenvalue weighted by atomic mass is 10.1. The number of esters is 1. The van der Waals surface area contributed by atoms with Gasteiger partial charge in [0.2, 0.25) is 0 Å². The van der Waals surface area contributed by atoms with Gasteiger partial charge in [0.15, 0.2) is 0 Å². The van der Waals surface area contributed by atoms with Crippen molar-refractivity contribution >= 4 is 11.7 Å². The second-order valence-electron chi connectivity index (χ2n) is 4.40. The monoisotopic (exact) mass is 224 g/mol. The van der Waals surface area contributed by atoms with Gasteiger partial charge in [-0.25, -0.2) is 9.79 Å². The molecule has 16 heavy (non-hydrogen) atoms. The predicted octanol–water partition coefficient (Wildman–Crippen LogP) is 2.04. The average molecular weight is 224 g/mol. The van der Waals surface area contributed by atoms with Gasteiger partial charge in [-0.05, 0) is 33.8 Å². The summed E-state index contributed by atoms with van der Waals surface area (Å²) in [6.45, 7) is 11.5. The number of nitrogens with zero attached hydrogens (tertiary/aromatic N) is 1. The molecule has 0 aromatic carbocycles. The van der Waals surface area contributed by atoms with Crippen LogP contribution in [0.2, 0.25) is 0 Å². The van der Waals surface area contributed by atoms with E-state index in [1.54, 1.807) is 6.20 Å². The van der Waals surface area contributed by atoms with Crippen LogP contribution in [0.15, 0.2) is 29.5 Å². The van der Waals surface area contributed by atoms with Crippen molar-refractivity contribution in [2.75, 3.05) is 7.11 Å². The Hall–Kier alpha value is -1.58. The summed E-state index contributed by atoms with van der Waals surface area (Å²) in [5.74, 6) is -0.491. The van der Waals surface area contributed by atoms with E-state index in [0.717, 1.165) is 5.70 Å². The van der Waals surface area contributed by atoms with Gasteiger partial charge in [0.05, 0.1) is 7.11 Å². The van der Waals surface area contributed by atoms with Gasteiger partial charge in [-0.3, -0.25) is 0 Å². The van der Waals surface area contributed by atoms with E-state index in [2.05, 4.69) is 21.6 Å². The second kappa shape index (κ2) is 6.10. The van der Waals surface area contributed by atoms with E-state index < -0.39 is 5.97 Å². The third-order valence-electron chi connectivity index (χ3n) is 1.56. The van der Waals surface area contributed by atoms with Crippen LogP contribution in [0.25, 0.3) is 0 Å². The van der Waals surface area contributed by atoms with E-state index >= 15 is 0 Å². The Morgan fingerprint density at radius 1 is 1.44 bits per heavy atom. The smallest absolute Gasteiger partial charge is 0.356 e. The maximum atomic E-state index is 11.2. The molecular weight excluding hydrogens is 204 g/mol. The lowest BCUT2D eigenvalue weighted by Crippen LogP contribution is -2.34. The molecule has 0 aliphatic rings. The minimum absolute atomic E-state index is 0.0320. The van der Waals surface area contributed by atoms with Crippen molar-refractivity contribution in [3.8, 4) is 0 Å². The fraction of sp³-hybridized carbons (Fsp3) is 0.500. The Morgan fingerprint density at radius 2 is 2.00 bits per heavy atom. The van der Waals surface area contributed by atoms with E-state index in [4.69, 9.17) is 0 Å². The number of nitrogens with one attached hydrogen (secondary N) is 1. The largest absolute Gasteiger partial charge is 0.464 e. The zero-order valence-electron chi connectivity index (χ0n) is 10.6. The molecule has 0 atom stereocenters. The molecule has 0 rings (SSSR count). The standard InChI is InChI=1S/C12H20N2O2/c1-7-10(11(15)16-6)13-8-9(2)14-12(3,4)5/h7-8,14H,1H2,2-6H3/b9-8+,13-10?. The summed E-state index contributed by atoms with van der Waals surface area (Å²) in [7, 11) is 1.31. The molecule has 90 valence electrons. The van der Waals surface area contributed by atoms with Crippen LogP contribution >= 0.6 is 0 Å². The van der Waals surface area contributed by atoms with Gasteiger partial charge in [-0.15, -0.1) is 0 Å². The fourth-order valence-electron chi connectivity index (χ4n) is 1.08. The molecule has 0 heterocycles. The minimum Gasteiger partial charge on any atom is -0.464 e. The minimum atomic E-state index is -0.491. The van der Waals surface area contributed by atoms with Crippen LogP contribution in [0.5, 0.6) is 0 Å². The molecule has 0 unspecified atom stereocenters. The molecule has 4 nitrogen and oxygen atoms in total. The molecule has 0 spiro atoms. The highest BCUT2D eigenvalue weighted by Crippen LogP contribution is 2.03. The molecule has 4 heteroatoms. The van der Waals surface area contributed by atoms with E-state index in [9.17, 15) is 4.79 Å². The van der Waals surface area contributed by atoms with Crippen molar-refractivity contribution in [2.45, 2.75) is 33.2 Å². The lowest BCUT2D eigenvalue weighted by molar-refractivity contribution is -0.132. The number of carbonyl (C=O) groups is 1. The number of ether oxygens (including phenoxy) is 1. The normalized spacial score (nSPS) is 13.3. The highest BCUT2D eigenvalue weighted by Gasteiger charge is 2.09. The van der Waals surface area contributed by atoms with Gasteiger partial charge in [0.1, 0.15) is 5.71 Å². The van der Waals surface area contributed by atoms with E-state index in [-0.39, 0.29) is 11.3 Å². The van der Waals surface area contributed by atoms with Crippen molar-refractivity contribution in [1.29, 1.82) is 0 Å². The number of carbonyl (C=O) groups excluding carboxylic acids is 1. The third kappa shape index (κ3) is 6.01. The van der Waals surface area contributed by atoms with Gasteiger partial charge in [0.25, 0.3) is 0 Å². The lowest BCUT2D eigenvalue weighted by Gasteiger charge is -2.21. The molecular formula is C12H20N2O2. The topological polar surface area (TPSA) is 50.7 Å².